The molecule has 1 saturated heterocycles. The Balaban J connectivity index is 1.41. The summed E-state index contributed by atoms with van der Waals surface area (Å²) < 4.78 is 0. The third-order valence-electron chi connectivity index (χ3n) is 6.77. The molecule has 2 aliphatic rings. The molecular formula is C25H23Cl2N3O. The van der Waals surface area contributed by atoms with E-state index in [4.69, 9.17) is 28.2 Å². The molecule has 0 atom stereocenters. The van der Waals surface area contributed by atoms with Gasteiger partial charge >= 0.3 is 0 Å². The Kier molecular flexibility index (Phi) is 5.23. The van der Waals surface area contributed by atoms with Crippen LogP contribution < -0.4 is 4.90 Å². The molecule has 158 valence electrons. The topological polar surface area (TPSA) is 46.1 Å². The smallest absolute Gasteiger partial charge is 0.172 e. The van der Waals surface area contributed by atoms with Crippen molar-refractivity contribution in [3.8, 4) is 11.3 Å². The van der Waals surface area contributed by atoms with Crippen LogP contribution in [0.1, 0.15) is 40.2 Å². The number of nitrogens with zero attached hydrogens (tertiary/aromatic N) is 3. The molecule has 0 amide bonds. The van der Waals surface area contributed by atoms with Crippen molar-refractivity contribution in [1.82, 2.24) is 9.97 Å². The second-order valence-corrected chi connectivity index (χ2v) is 9.48. The molecule has 0 unspecified atom stereocenters. The molecule has 4 nitrogen and oxygen atoms in total. The normalized spacial score (nSPS) is 17.1. The van der Waals surface area contributed by atoms with E-state index in [0.29, 0.717) is 38.2 Å². The Hall–Kier alpha value is -2.43. The number of halogens is 2. The van der Waals surface area contributed by atoms with Crippen LogP contribution in [0.15, 0.2) is 42.5 Å². The van der Waals surface area contributed by atoms with Crippen molar-refractivity contribution in [2.45, 2.75) is 32.6 Å². The number of anilines is 1. The Morgan fingerprint density at radius 1 is 0.968 bits per heavy atom. The van der Waals surface area contributed by atoms with Gasteiger partial charge in [0.2, 0.25) is 0 Å². The quantitative estimate of drug-likeness (QED) is 0.461. The Bertz CT molecular complexity index is 1140. The number of carbonyl (C=O) groups is 1. The lowest BCUT2D eigenvalue weighted by Crippen LogP contribution is -2.41. The summed E-state index contributed by atoms with van der Waals surface area (Å²) in [5.74, 6) is 0.666. The van der Waals surface area contributed by atoms with Gasteiger partial charge in [-0.2, -0.15) is 0 Å². The first-order valence-electron chi connectivity index (χ1n) is 10.6. The number of aromatic nitrogens is 2. The minimum Gasteiger partial charge on any atom is -0.355 e. The van der Waals surface area contributed by atoms with Gasteiger partial charge in [0, 0.05) is 18.7 Å². The van der Waals surface area contributed by atoms with Crippen LogP contribution in [0.3, 0.4) is 0 Å². The molecule has 6 heteroatoms. The summed E-state index contributed by atoms with van der Waals surface area (Å²) in [5, 5.41) is 0.878. The summed E-state index contributed by atoms with van der Waals surface area (Å²) in [6.07, 6.45) is 5.26. The molecule has 0 N–H and O–H groups in total. The van der Waals surface area contributed by atoms with Gasteiger partial charge in [-0.1, -0.05) is 59.6 Å². The van der Waals surface area contributed by atoms with Gasteiger partial charge in [0.1, 0.15) is 5.69 Å². The van der Waals surface area contributed by atoms with Crippen molar-refractivity contribution in [3.63, 3.8) is 0 Å². The number of hydrogen-bond donors (Lipinski definition) is 0. The molecule has 0 radical (unpaired) electrons. The van der Waals surface area contributed by atoms with Crippen molar-refractivity contribution in [2.75, 3.05) is 18.0 Å². The highest BCUT2D eigenvalue weighted by atomic mass is 35.5. The average molecular weight is 452 g/mol. The summed E-state index contributed by atoms with van der Waals surface area (Å²) in [7, 11) is 0. The maximum atomic E-state index is 11.9. The van der Waals surface area contributed by atoms with Gasteiger partial charge in [0.15, 0.2) is 12.1 Å². The molecule has 5 rings (SSSR count). The molecule has 0 bridgehead atoms. The van der Waals surface area contributed by atoms with E-state index >= 15 is 0 Å². The van der Waals surface area contributed by atoms with Crippen molar-refractivity contribution < 1.29 is 4.79 Å². The van der Waals surface area contributed by atoms with Crippen LogP contribution in [0.25, 0.3) is 11.3 Å². The van der Waals surface area contributed by atoms with Crippen LogP contribution in [0.5, 0.6) is 0 Å². The molecule has 1 aliphatic carbocycles. The zero-order chi connectivity index (χ0) is 21.6. The number of fused-ring (bicyclic) bond motifs is 1. The van der Waals surface area contributed by atoms with Crippen molar-refractivity contribution in [3.05, 3.63) is 75.0 Å². The number of carbonyl (C=O) groups excluding carboxylic acids is 1. The highest BCUT2D eigenvalue weighted by molar-refractivity contribution is 6.43. The lowest BCUT2D eigenvalue weighted by molar-refractivity contribution is 0.111. The van der Waals surface area contributed by atoms with Crippen LogP contribution in [-0.2, 0) is 12.8 Å². The van der Waals surface area contributed by atoms with Crippen molar-refractivity contribution in [2.24, 2.45) is 5.41 Å². The first-order chi connectivity index (χ1) is 15.0. The number of benzene rings is 2. The minimum absolute atomic E-state index is 0.332. The van der Waals surface area contributed by atoms with E-state index in [1.807, 2.05) is 19.1 Å². The number of rotatable bonds is 3. The first kappa shape index (κ1) is 20.5. The maximum Gasteiger partial charge on any atom is 0.172 e. The van der Waals surface area contributed by atoms with Gasteiger partial charge in [-0.3, -0.25) is 4.79 Å². The number of aryl methyl sites for hydroxylation is 1. The van der Waals surface area contributed by atoms with Gasteiger partial charge in [-0.25, -0.2) is 9.97 Å². The van der Waals surface area contributed by atoms with Gasteiger partial charge in [-0.15, -0.1) is 0 Å². The number of piperidine rings is 1. The van der Waals surface area contributed by atoms with Gasteiger partial charge in [0.25, 0.3) is 0 Å². The zero-order valence-corrected chi connectivity index (χ0v) is 18.9. The van der Waals surface area contributed by atoms with Crippen LogP contribution in [0.2, 0.25) is 10.0 Å². The fourth-order valence-corrected chi connectivity index (χ4v) is 5.48. The SMILES string of the molecule is Cc1nc(N2CCC3(CC2)Cc2ccccc2C3)c(C=O)nc1-c1cccc(Cl)c1Cl. The second kappa shape index (κ2) is 7.92. The van der Waals surface area contributed by atoms with E-state index in [9.17, 15) is 4.79 Å². The summed E-state index contributed by atoms with van der Waals surface area (Å²) in [4.78, 5) is 23.6. The summed E-state index contributed by atoms with van der Waals surface area (Å²) in [5.41, 5.74) is 5.68. The van der Waals surface area contributed by atoms with E-state index < -0.39 is 0 Å². The average Bonchev–Trinajstić information content (AvgIpc) is 3.14. The highest BCUT2D eigenvalue weighted by Gasteiger charge is 2.40. The summed E-state index contributed by atoms with van der Waals surface area (Å²) in [6, 6.07) is 14.2. The fourth-order valence-electron chi connectivity index (χ4n) is 5.09. The molecule has 2 aromatic carbocycles. The van der Waals surface area contributed by atoms with E-state index in [0.717, 1.165) is 50.8 Å². The zero-order valence-electron chi connectivity index (χ0n) is 17.4. The third-order valence-corrected chi connectivity index (χ3v) is 7.59. The highest BCUT2D eigenvalue weighted by Crippen LogP contribution is 2.45. The third kappa shape index (κ3) is 3.62. The first-order valence-corrected chi connectivity index (χ1v) is 11.4. The minimum atomic E-state index is 0.332. The lowest BCUT2D eigenvalue weighted by Gasteiger charge is -2.40. The molecule has 1 aliphatic heterocycles. The fraction of sp³-hybridized carbons (Fsp3) is 0.320. The molecular weight excluding hydrogens is 429 g/mol. The number of hydrogen-bond acceptors (Lipinski definition) is 4. The summed E-state index contributed by atoms with van der Waals surface area (Å²) in [6.45, 7) is 3.65. The van der Waals surface area contributed by atoms with Crippen molar-refractivity contribution in [1.29, 1.82) is 0 Å². The van der Waals surface area contributed by atoms with E-state index in [1.54, 1.807) is 6.07 Å². The molecule has 1 fully saturated rings. The van der Waals surface area contributed by atoms with E-state index in [1.165, 1.54) is 11.1 Å². The molecule has 1 aromatic heterocycles. The Morgan fingerprint density at radius 3 is 2.29 bits per heavy atom. The number of aldehydes is 1. The maximum absolute atomic E-state index is 11.9. The second-order valence-electron chi connectivity index (χ2n) is 8.70. The Morgan fingerprint density at radius 2 is 1.65 bits per heavy atom. The van der Waals surface area contributed by atoms with Crippen LogP contribution >= 0.6 is 23.2 Å². The molecule has 2 heterocycles. The molecule has 0 saturated carbocycles. The summed E-state index contributed by atoms with van der Waals surface area (Å²) >= 11 is 12.6. The largest absolute Gasteiger partial charge is 0.355 e. The van der Waals surface area contributed by atoms with Gasteiger partial charge in [0.05, 0.1) is 21.4 Å². The van der Waals surface area contributed by atoms with Crippen molar-refractivity contribution >= 4 is 35.3 Å². The van der Waals surface area contributed by atoms with Gasteiger partial charge < -0.3 is 4.90 Å². The lowest BCUT2D eigenvalue weighted by atomic mass is 9.76. The van der Waals surface area contributed by atoms with Crippen LogP contribution in [0, 0.1) is 12.3 Å². The molecule has 31 heavy (non-hydrogen) atoms. The van der Waals surface area contributed by atoms with Crippen LogP contribution in [0.4, 0.5) is 5.82 Å². The predicted molar refractivity (Wildman–Crippen MR) is 125 cm³/mol. The van der Waals surface area contributed by atoms with Gasteiger partial charge in [-0.05, 0) is 55.2 Å². The molecule has 3 aromatic rings. The predicted octanol–water partition coefficient (Wildman–Crippen LogP) is 5.96. The van der Waals surface area contributed by atoms with Crippen LogP contribution in [-0.4, -0.2) is 29.3 Å². The standard InChI is InChI=1S/C25H23Cl2N3O/c1-16-23(19-7-4-8-20(26)22(19)27)29-21(15-31)24(28-16)30-11-9-25(10-12-30)13-17-5-2-3-6-18(17)14-25/h2-8,15H,9-14H2,1H3. The van der Waals surface area contributed by atoms with E-state index in [2.05, 4.69) is 34.1 Å². The monoisotopic (exact) mass is 451 g/mol. The van der Waals surface area contributed by atoms with E-state index in [-0.39, 0.29) is 0 Å². The Labute approximate surface area is 192 Å². The molecule has 1 spiro atoms.